The monoisotopic (exact) mass is 752 g/mol. The first-order chi connectivity index (χ1) is 29.3. The van der Waals surface area contributed by atoms with Gasteiger partial charge in [0.15, 0.2) is 0 Å². The molecule has 0 spiro atoms. The van der Waals surface area contributed by atoms with Crippen molar-refractivity contribution in [2.75, 3.05) is 4.90 Å². The number of hydrogen-bond acceptors (Lipinski definition) is 2. The van der Waals surface area contributed by atoms with Crippen LogP contribution in [0.4, 0.5) is 17.1 Å². The van der Waals surface area contributed by atoms with Crippen LogP contribution in [0.3, 0.4) is 0 Å². The normalized spacial score (nSPS) is 11.7. The maximum absolute atomic E-state index is 6.42. The van der Waals surface area contributed by atoms with Gasteiger partial charge < -0.3 is 13.9 Å². The Morgan fingerprint density at radius 2 is 0.915 bits per heavy atom. The van der Waals surface area contributed by atoms with Crippen LogP contribution in [0.5, 0.6) is 0 Å². The fraction of sp³-hybridized carbons (Fsp3) is 0. The quantitative estimate of drug-likeness (QED) is 0.158. The van der Waals surface area contributed by atoms with Gasteiger partial charge in [-0.1, -0.05) is 152 Å². The molecule has 12 rings (SSSR count). The van der Waals surface area contributed by atoms with Crippen LogP contribution < -0.4 is 4.90 Å². The average molecular weight is 753 g/mol. The Bertz CT molecular complexity index is 3520. The lowest BCUT2D eigenvalue weighted by molar-refractivity contribution is 0.669. The lowest BCUT2D eigenvalue weighted by atomic mass is 9.94. The second-order valence-electron chi connectivity index (χ2n) is 15.3. The standard InChI is InChI=1S/C56H36N2O/c1-2-15-42-37(14-1)28-29-38-36-39(30-35-43(38)42)44-16-3-8-22-50(44)57(40-31-33-41(34-32-40)58-51-23-9-4-17-45(51)46-18-5-10-24-52(46)58)53-25-11-6-19-47(53)48-21-13-27-55-56(48)49-20-7-12-26-54(49)59-55/h1-36H. The molecule has 0 radical (unpaired) electrons. The number of nitrogens with zero attached hydrogens (tertiary/aromatic N) is 2. The Hall–Kier alpha value is -7.88. The molecule has 0 bridgehead atoms. The molecule has 0 saturated heterocycles. The Morgan fingerprint density at radius 3 is 1.69 bits per heavy atom. The highest BCUT2D eigenvalue weighted by atomic mass is 16.3. The fourth-order valence-electron chi connectivity index (χ4n) is 9.35. The molecule has 0 fully saturated rings. The molecule has 2 heterocycles. The molecule has 0 aliphatic carbocycles. The number of rotatable bonds is 6. The van der Waals surface area contributed by atoms with Crippen molar-refractivity contribution in [2.45, 2.75) is 0 Å². The van der Waals surface area contributed by atoms with Crippen LogP contribution in [-0.4, -0.2) is 4.57 Å². The minimum absolute atomic E-state index is 0.879. The number of benzene rings is 10. The average Bonchev–Trinajstić information content (AvgIpc) is 3.86. The van der Waals surface area contributed by atoms with E-state index < -0.39 is 0 Å². The van der Waals surface area contributed by atoms with E-state index in [1.165, 1.54) is 43.4 Å². The van der Waals surface area contributed by atoms with E-state index in [1.807, 2.05) is 6.07 Å². The van der Waals surface area contributed by atoms with E-state index in [4.69, 9.17) is 4.42 Å². The van der Waals surface area contributed by atoms with Crippen molar-refractivity contribution in [2.24, 2.45) is 0 Å². The van der Waals surface area contributed by atoms with Crippen LogP contribution in [0.15, 0.2) is 223 Å². The molecule has 0 amide bonds. The summed E-state index contributed by atoms with van der Waals surface area (Å²) < 4.78 is 8.80. The van der Waals surface area contributed by atoms with E-state index in [-0.39, 0.29) is 0 Å². The second kappa shape index (κ2) is 13.4. The zero-order chi connectivity index (χ0) is 38.9. The van der Waals surface area contributed by atoms with Crippen LogP contribution in [-0.2, 0) is 0 Å². The third-order valence-electron chi connectivity index (χ3n) is 12.0. The summed E-state index contributed by atoms with van der Waals surface area (Å²) in [7, 11) is 0. The molecule has 12 aromatic rings. The number of hydrogen-bond donors (Lipinski definition) is 0. The Balaban J connectivity index is 1.08. The molecule has 3 nitrogen and oxygen atoms in total. The van der Waals surface area contributed by atoms with E-state index in [9.17, 15) is 0 Å². The number of fused-ring (bicyclic) bond motifs is 9. The third-order valence-corrected chi connectivity index (χ3v) is 12.0. The molecule has 2 aromatic heterocycles. The highest BCUT2D eigenvalue weighted by molar-refractivity contribution is 6.14. The first kappa shape index (κ1) is 33.3. The molecule has 276 valence electrons. The van der Waals surface area contributed by atoms with Gasteiger partial charge in [0.25, 0.3) is 0 Å². The van der Waals surface area contributed by atoms with Crippen molar-refractivity contribution in [1.82, 2.24) is 4.57 Å². The van der Waals surface area contributed by atoms with Crippen molar-refractivity contribution in [1.29, 1.82) is 0 Å². The summed E-state index contributed by atoms with van der Waals surface area (Å²) in [5, 5.41) is 9.73. The third kappa shape index (κ3) is 5.29. The number of para-hydroxylation sites is 5. The molecule has 10 aromatic carbocycles. The van der Waals surface area contributed by atoms with E-state index in [2.05, 4.69) is 222 Å². The maximum Gasteiger partial charge on any atom is 0.136 e. The minimum atomic E-state index is 0.879. The summed E-state index contributed by atoms with van der Waals surface area (Å²) in [6, 6.07) is 78.8. The first-order valence-electron chi connectivity index (χ1n) is 20.2. The molecular weight excluding hydrogens is 717 g/mol. The van der Waals surface area contributed by atoms with E-state index in [0.717, 1.165) is 66.9 Å². The van der Waals surface area contributed by atoms with Gasteiger partial charge >= 0.3 is 0 Å². The lowest BCUT2D eigenvalue weighted by Gasteiger charge is -2.30. The van der Waals surface area contributed by atoms with E-state index in [1.54, 1.807) is 0 Å². The molecule has 0 aliphatic rings. The summed E-state index contributed by atoms with van der Waals surface area (Å²) >= 11 is 0. The predicted octanol–water partition coefficient (Wildman–Crippen LogP) is 15.8. The van der Waals surface area contributed by atoms with Crippen molar-refractivity contribution in [3.8, 4) is 27.9 Å². The molecule has 59 heavy (non-hydrogen) atoms. The van der Waals surface area contributed by atoms with Crippen LogP contribution >= 0.6 is 0 Å². The van der Waals surface area contributed by atoms with Crippen molar-refractivity contribution in [3.05, 3.63) is 218 Å². The summed E-state index contributed by atoms with van der Waals surface area (Å²) in [6.45, 7) is 0. The van der Waals surface area contributed by atoms with Crippen molar-refractivity contribution >= 4 is 82.4 Å². The Kier molecular flexibility index (Phi) is 7.54. The molecular formula is C56H36N2O. The molecule has 0 atom stereocenters. The molecule has 0 saturated carbocycles. The first-order valence-corrected chi connectivity index (χ1v) is 20.2. The van der Waals surface area contributed by atoms with Gasteiger partial charge in [-0.25, -0.2) is 0 Å². The Morgan fingerprint density at radius 1 is 0.356 bits per heavy atom. The van der Waals surface area contributed by atoms with Gasteiger partial charge in [-0.05, 0) is 99.4 Å². The predicted molar refractivity (Wildman–Crippen MR) is 249 cm³/mol. The number of furan rings is 1. The Labute approximate surface area is 341 Å². The topological polar surface area (TPSA) is 21.3 Å². The molecule has 0 unspecified atom stereocenters. The number of aromatic nitrogens is 1. The van der Waals surface area contributed by atoms with Crippen molar-refractivity contribution < 1.29 is 4.42 Å². The van der Waals surface area contributed by atoms with Crippen LogP contribution in [0.2, 0.25) is 0 Å². The highest BCUT2D eigenvalue weighted by Crippen LogP contribution is 2.47. The summed E-state index contributed by atoms with van der Waals surface area (Å²) in [5.74, 6) is 0. The fourth-order valence-corrected chi connectivity index (χ4v) is 9.35. The highest BCUT2D eigenvalue weighted by Gasteiger charge is 2.23. The van der Waals surface area contributed by atoms with Gasteiger partial charge in [-0.3, -0.25) is 0 Å². The van der Waals surface area contributed by atoms with Gasteiger partial charge in [-0.15, -0.1) is 0 Å². The summed E-state index contributed by atoms with van der Waals surface area (Å²) in [5.41, 5.74) is 13.1. The second-order valence-corrected chi connectivity index (χ2v) is 15.3. The summed E-state index contributed by atoms with van der Waals surface area (Å²) in [6.07, 6.45) is 0. The van der Waals surface area contributed by atoms with Crippen molar-refractivity contribution in [3.63, 3.8) is 0 Å². The van der Waals surface area contributed by atoms with Gasteiger partial charge in [0, 0.05) is 44.0 Å². The minimum Gasteiger partial charge on any atom is -0.456 e. The molecule has 0 N–H and O–H groups in total. The van der Waals surface area contributed by atoms with Gasteiger partial charge in [0.05, 0.1) is 22.4 Å². The SMILES string of the molecule is c1ccc(N(c2ccc(-n3c4ccccc4c4ccccc43)cc2)c2ccccc2-c2cccc3oc4ccccc4c23)c(-c2ccc3c(ccc4ccccc43)c2)c1. The van der Waals surface area contributed by atoms with Crippen LogP contribution in [0, 0.1) is 0 Å². The van der Waals surface area contributed by atoms with E-state index in [0.29, 0.717) is 0 Å². The molecule has 0 aliphatic heterocycles. The zero-order valence-electron chi connectivity index (χ0n) is 32.1. The smallest absolute Gasteiger partial charge is 0.136 e. The van der Waals surface area contributed by atoms with E-state index >= 15 is 0 Å². The van der Waals surface area contributed by atoms with Crippen LogP contribution in [0.1, 0.15) is 0 Å². The van der Waals surface area contributed by atoms with Gasteiger partial charge in [0.1, 0.15) is 11.2 Å². The molecule has 3 heteroatoms. The maximum atomic E-state index is 6.42. The lowest BCUT2D eigenvalue weighted by Crippen LogP contribution is -2.12. The largest absolute Gasteiger partial charge is 0.456 e. The van der Waals surface area contributed by atoms with Crippen LogP contribution in [0.25, 0.3) is 93.2 Å². The summed E-state index contributed by atoms with van der Waals surface area (Å²) in [4.78, 5) is 2.44. The van der Waals surface area contributed by atoms with Gasteiger partial charge in [-0.2, -0.15) is 0 Å². The number of anilines is 3. The van der Waals surface area contributed by atoms with Gasteiger partial charge in [0.2, 0.25) is 0 Å². The zero-order valence-corrected chi connectivity index (χ0v) is 32.1.